The van der Waals surface area contributed by atoms with Crippen molar-refractivity contribution < 1.29 is 13.6 Å². The standard InChI is InChI=1S/C14H21F2N5O/c15-13(16)10-21-8-11(7-17-21)18-14(22)20-6-5-19-4-2-1-3-12(19)9-20/h7-8,12-13H,1-6,9-10H2,(H,18,22). The molecule has 22 heavy (non-hydrogen) atoms. The summed E-state index contributed by atoms with van der Waals surface area (Å²) in [5, 5.41) is 6.56. The minimum absolute atomic E-state index is 0.179. The highest BCUT2D eigenvalue weighted by molar-refractivity contribution is 5.89. The second kappa shape index (κ2) is 6.60. The van der Waals surface area contributed by atoms with Crippen LogP contribution in [-0.4, -0.2) is 64.3 Å². The molecule has 6 nitrogen and oxygen atoms in total. The fraction of sp³-hybridized carbons (Fsp3) is 0.714. The highest BCUT2D eigenvalue weighted by Gasteiger charge is 2.31. The molecule has 2 aliphatic heterocycles. The minimum Gasteiger partial charge on any atom is -0.322 e. The van der Waals surface area contributed by atoms with Crippen LogP contribution in [0.15, 0.2) is 12.4 Å². The smallest absolute Gasteiger partial charge is 0.322 e. The molecule has 1 N–H and O–H groups in total. The van der Waals surface area contributed by atoms with E-state index < -0.39 is 13.0 Å². The molecule has 122 valence electrons. The Morgan fingerprint density at radius 3 is 3.05 bits per heavy atom. The number of alkyl halides is 2. The Morgan fingerprint density at radius 1 is 1.36 bits per heavy atom. The number of piperidine rings is 1. The molecule has 2 amide bonds. The van der Waals surface area contributed by atoms with Gasteiger partial charge in [0.25, 0.3) is 6.43 Å². The number of hydrogen-bond donors (Lipinski definition) is 1. The molecule has 2 aliphatic rings. The number of halogens is 2. The van der Waals surface area contributed by atoms with E-state index in [1.54, 1.807) is 4.90 Å². The lowest BCUT2D eigenvalue weighted by Crippen LogP contribution is -2.56. The van der Waals surface area contributed by atoms with Gasteiger partial charge in [0.05, 0.1) is 11.9 Å². The van der Waals surface area contributed by atoms with Gasteiger partial charge in [-0.3, -0.25) is 9.58 Å². The van der Waals surface area contributed by atoms with Crippen molar-refractivity contribution in [3.8, 4) is 0 Å². The van der Waals surface area contributed by atoms with Crippen molar-refractivity contribution in [1.29, 1.82) is 0 Å². The van der Waals surface area contributed by atoms with Crippen molar-refractivity contribution in [3.63, 3.8) is 0 Å². The fourth-order valence-corrected chi connectivity index (χ4v) is 3.21. The number of fused-ring (bicyclic) bond motifs is 1. The second-order valence-corrected chi connectivity index (χ2v) is 5.90. The average molecular weight is 313 g/mol. The topological polar surface area (TPSA) is 53.4 Å². The molecule has 0 aromatic carbocycles. The summed E-state index contributed by atoms with van der Waals surface area (Å²) in [5.41, 5.74) is 0.455. The highest BCUT2D eigenvalue weighted by atomic mass is 19.3. The van der Waals surface area contributed by atoms with Crippen LogP contribution in [-0.2, 0) is 6.54 Å². The summed E-state index contributed by atoms with van der Waals surface area (Å²) in [4.78, 5) is 16.5. The number of carbonyl (C=O) groups is 1. The summed E-state index contributed by atoms with van der Waals surface area (Å²) >= 11 is 0. The molecule has 0 aliphatic carbocycles. The first-order valence-corrected chi connectivity index (χ1v) is 7.72. The van der Waals surface area contributed by atoms with Crippen molar-refractivity contribution in [2.24, 2.45) is 0 Å². The fourth-order valence-electron chi connectivity index (χ4n) is 3.21. The van der Waals surface area contributed by atoms with Gasteiger partial charge in [-0.1, -0.05) is 6.42 Å². The number of rotatable bonds is 3. The van der Waals surface area contributed by atoms with Crippen LogP contribution >= 0.6 is 0 Å². The summed E-state index contributed by atoms with van der Waals surface area (Å²) < 4.78 is 25.7. The normalized spacial score (nSPS) is 22.7. The molecular weight excluding hydrogens is 292 g/mol. The summed E-state index contributed by atoms with van der Waals surface area (Å²) in [6.07, 6.45) is 3.97. The lowest BCUT2D eigenvalue weighted by atomic mass is 10.00. The molecule has 2 fully saturated rings. The zero-order valence-electron chi connectivity index (χ0n) is 12.4. The molecule has 3 heterocycles. The van der Waals surface area contributed by atoms with Crippen LogP contribution in [0.4, 0.5) is 19.3 Å². The number of amides is 2. The van der Waals surface area contributed by atoms with E-state index in [2.05, 4.69) is 15.3 Å². The van der Waals surface area contributed by atoms with Crippen LogP contribution in [0.2, 0.25) is 0 Å². The molecule has 1 aromatic heterocycles. The second-order valence-electron chi connectivity index (χ2n) is 5.90. The summed E-state index contributed by atoms with van der Waals surface area (Å²) in [6, 6.07) is 0.275. The largest absolute Gasteiger partial charge is 0.322 e. The van der Waals surface area contributed by atoms with Gasteiger partial charge in [0.15, 0.2) is 0 Å². The zero-order chi connectivity index (χ0) is 15.5. The molecule has 1 aromatic rings. The van der Waals surface area contributed by atoms with Crippen molar-refractivity contribution in [3.05, 3.63) is 12.4 Å². The van der Waals surface area contributed by atoms with Gasteiger partial charge in [-0.05, 0) is 19.4 Å². The van der Waals surface area contributed by atoms with Crippen molar-refractivity contribution in [1.82, 2.24) is 19.6 Å². The third kappa shape index (κ3) is 3.55. The maximum atomic E-state index is 12.3. The van der Waals surface area contributed by atoms with Crippen molar-refractivity contribution >= 4 is 11.7 Å². The van der Waals surface area contributed by atoms with Gasteiger partial charge in [-0.15, -0.1) is 0 Å². The number of aromatic nitrogens is 2. The van der Waals surface area contributed by atoms with Gasteiger partial charge in [0.1, 0.15) is 6.54 Å². The van der Waals surface area contributed by atoms with Gasteiger partial charge < -0.3 is 10.2 Å². The molecule has 8 heteroatoms. The van der Waals surface area contributed by atoms with E-state index in [4.69, 9.17) is 0 Å². The van der Waals surface area contributed by atoms with Crippen molar-refractivity contribution in [2.75, 3.05) is 31.5 Å². The van der Waals surface area contributed by atoms with E-state index >= 15 is 0 Å². The number of hydrogen-bond acceptors (Lipinski definition) is 3. The van der Waals surface area contributed by atoms with Crippen LogP contribution in [0.3, 0.4) is 0 Å². The number of carbonyl (C=O) groups excluding carboxylic acids is 1. The predicted octanol–water partition coefficient (Wildman–Crippen LogP) is 1.85. The predicted molar refractivity (Wildman–Crippen MR) is 78.0 cm³/mol. The Morgan fingerprint density at radius 2 is 2.23 bits per heavy atom. The SMILES string of the molecule is O=C(Nc1cnn(CC(F)F)c1)N1CCN2CCCCC2C1. The Bertz CT molecular complexity index is 521. The summed E-state index contributed by atoms with van der Waals surface area (Å²) in [7, 11) is 0. The molecular formula is C14H21F2N5O. The Balaban J connectivity index is 1.54. The van der Waals surface area contributed by atoms with Gasteiger partial charge in [-0.2, -0.15) is 5.10 Å². The molecule has 0 spiro atoms. The maximum absolute atomic E-state index is 12.3. The van der Waals surface area contributed by atoms with E-state index in [1.807, 2.05) is 0 Å². The minimum atomic E-state index is -2.46. The Hall–Kier alpha value is -1.70. The molecule has 1 atom stereocenters. The quantitative estimate of drug-likeness (QED) is 0.926. The summed E-state index contributed by atoms with van der Waals surface area (Å²) in [5.74, 6) is 0. The third-order valence-corrected chi connectivity index (χ3v) is 4.33. The number of urea groups is 1. The van der Waals surface area contributed by atoms with E-state index in [0.29, 0.717) is 18.3 Å². The molecule has 2 saturated heterocycles. The van der Waals surface area contributed by atoms with E-state index in [1.165, 1.54) is 25.2 Å². The van der Waals surface area contributed by atoms with Crippen LogP contribution in [0.5, 0.6) is 0 Å². The van der Waals surface area contributed by atoms with Crippen LogP contribution < -0.4 is 5.32 Å². The lowest BCUT2D eigenvalue weighted by molar-refractivity contribution is 0.0678. The van der Waals surface area contributed by atoms with Crippen LogP contribution in [0.1, 0.15) is 19.3 Å². The summed E-state index contributed by atoms with van der Waals surface area (Å²) in [6.45, 7) is 3.00. The molecule has 0 bridgehead atoms. The van der Waals surface area contributed by atoms with Gasteiger partial charge in [0, 0.05) is 31.9 Å². The van der Waals surface area contributed by atoms with Crippen LogP contribution in [0.25, 0.3) is 0 Å². The molecule has 3 rings (SSSR count). The first-order valence-electron chi connectivity index (χ1n) is 7.72. The van der Waals surface area contributed by atoms with E-state index in [0.717, 1.165) is 30.7 Å². The molecule has 1 unspecified atom stereocenters. The third-order valence-electron chi connectivity index (χ3n) is 4.33. The average Bonchev–Trinajstić information content (AvgIpc) is 2.93. The van der Waals surface area contributed by atoms with Crippen molar-refractivity contribution in [2.45, 2.75) is 38.3 Å². The Kier molecular flexibility index (Phi) is 4.56. The van der Waals surface area contributed by atoms with Gasteiger partial charge >= 0.3 is 6.03 Å². The van der Waals surface area contributed by atoms with E-state index in [-0.39, 0.29) is 6.03 Å². The number of nitrogens with zero attached hydrogens (tertiary/aromatic N) is 4. The lowest BCUT2D eigenvalue weighted by Gasteiger charge is -2.43. The molecule has 0 radical (unpaired) electrons. The maximum Gasteiger partial charge on any atom is 0.322 e. The van der Waals surface area contributed by atoms with Crippen LogP contribution in [0, 0.1) is 0 Å². The first kappa shape index (κ1) is 15.2. The van der Waals surface area contributed by atoms with Gasteiger partial charge in [-0.25, -0.2) is 13.6 Å². The highest BCUT2D eigenvalue weighted by Crippen LogP contribution is 2.21. The molecule has 0 saturated carbocycles. The first-order chi connectivity index (χ1) is 10.6. The number of nitrogens with one attached hydrogen (secondary N) is 1. The monoisotopic (exact) mass is 313 g/mol. The number of piperazine rings is 1. The van der Waals surface area contributed by atoms with Gasteiger partial charge in [0.2, 0.25) is 0 Å². The van der Waals surface area contributed by atoms with E-state index in [9.17, 15) is 13.6 Å². The number of anilines is 1. The Labute approximate surface area is 128 Å². The zero-order valence-corrected chi connectivity index (χ0v) is 12.4.